The molecule has 7 unspecified atom stereocenters. The molecule has 10 saturated heterocycles. The maximum atomic E-state index is 11.1. The molecule has 0 aromatic heterocycles. The minimum atomic E-state index is -1.76. The van der Waals surface area contributed by atoms with Crippen LogP contribution in [0.1, 0.15) is 6.42 Å². The lowest BCUT2D eigenvalue weighted by Crippen LogP contribution is -2.77. The van der Waals surface area contributed by atoms with Gasteiger partial charge in [-0.05, 0) is 0 Å². The molecule has 0 bridgehead atoms. The number of fused-ring (bicyclic) bond motifs is 2. The zero-order valence-electron chi connectivity index (χ0n) is 54.3. The Hall–Kier alpha value is -15.8. The fraction of sp³-hybridized carbons (Fsp3) is 1.00. The topological polar surface area (TPSA) is 924 Å². The molecule has 0 aromatic carbocycles. The predicted octanol–water partition coefficient (Wildman–Crippen LogP) is -11.2. The lowest BCUT2D eigenvalue weighted by Gasteiger charge is -2.44. The van der Waals surface area contributed by atoms with E-state index in [0.29, 0.717) is 95.2 Å². The van der Waals surface area contributed by atoms with Gasteiger partial charge in [0.1, 0.15) is 109 Å². The fourth-order valence-corrected chi connectivity index (χ4v) is 13.1. The van der Waals surface area contributed by atoms with Gasteiger partial charge < -0.3 is 0 Å². The van der Waals surface area contributed by atoms with E-state index in [1.165, 1.54) is 0 Å². The van der Waals surface area contributed by atoms with Gasteiger partial charge >= 0.3 is 0 Å². The van der Waals surface area contributed by atoms with Gasteiger partial charge in [0.05, 0.1) is 6.54 Å². The van der Waals surface area contributed by atoms with Crippen LogP contribution >= 0.6 is 0 Å². The molecule has 79 heteroatoms. The van der Waals surface area contributed by atoms with Crippen molar-refractivity contribution in [1.82, 2.24) is 95.2 Å². The highest BCUT2D eigenvalue weighted by molar-refractivity contribution is 5.00. The molecule has 0 N–H and O–H groups in total. The first-order chi connectivity index (χ1) is 51.1. The van der Waals surface area contributed by atoms with Crippen molar-refractivity contribution in [3.63, 3.8) is 0 Å². The molecule has 79 nitrogen and oxygen atoms in total. The normalized spacial score (nSPS) is 24.5. The Morgan fingerprint density at radius 3 is 0.645 bits per heavy atom. The van der Waals surface area contributed by atoms with E-state index in [2.05, 4.69) is 0 Å². The number of piperazine rings is 2. The number of hydrogen-bond donors (Lipinski definition) is 0. The van der Waals surface area contributed by atoms with E-state index in [1.54, 1.807) is 0 Å². The van der Waals surface area contributed by atoms with Crippen LogP contribution in [0.4, 0.5) is 0 Å². The number of nitrogens with zero attached hydrogens (tertiary/aromatic N) is 39. The zero-order valence-corrected chi connectivity index (χ0v) is 54.3. The highest BCUT2D eigenvalue weighted by Gasteiger charge is 2.65. The molecule has 0 aliphatic carbocycles. The molecule has 10 fully saturated rings. The lowest BCUT2D eigenvalue weighted by atomic mass is 9.98. The van der Waals surface area contributed by atoms with Gasteiger partial charge in [-0.15, -0.1) is 45.1 Å². The van der Waals surface area contributed by atoms with Gasteiger partial charge in [0.25, 0.3) is 12.3 Å². The summed E-state index contributed by atoms with van der Waals surface area (Å²) in [6.45, 7) is -11.0. The molecule has 10 heterocycles. The minimum Gasteiger partial charge on any atom is -0.264 e. The Bertz CT molecular complexity index is 3440. The van der Waals surface area contributed by atoms with Gasteiger partial charge in [0.2, 0.25) is 52.7 Å². The maximum absolute atomic E-state index is 11.1. The second-order valence-corrected chi connectivity index (χ2v) is 23.4. The van der Waals surface area contributed by atoms with E-state index >= 15 is 0 Å². The van der Waals surface area contributed by atoms with Crippen molar-refractivity contribution >= 4 is 0 Å². The number of hydrogen-bond acceptors (Lipinski definition) is 40. The van der Waals surface area contributed by atoms with Gasteiger partial charge in [0.15, 0.2) is 107 Å². The maximum Gasteiger partial charge on any atom is 0.266 e. The Labute approximate surface area is 596 Å². The molecule has 610 valence electrons. The summed E-state index contributed by atoms with van der Waals surface area (Å²) in [4.78, 5) is 218. The van der Waals surface area contributed by atoms with Crippen LogP contribution in [0.3, 0.4) is 0 Å². The monoisotopic (exact) mass is 1610 g/mol. The van der Waals surface area contributed by atoms with Crippen molar-refractivity contribution in [3.8, 4) is 0 Å². The van der Waals surface area contributed by atoms with Crippen LogP contribution in [0.15, 0.2) is 0 Å². The quantitative estimate of drug-likeness (QED) is 0.0717. The number of nitro groups is 20. The van der Waals surface area contributed by atoms with Gasteiger partial charge in [-0.25, -0.2) is 192 Å². The van der Waals surface area contributed by atoms with Gasteiger partial charge in [-0.1, -0.05) is 50.1 Å². The molecule has 110 heavy (non-hydrogen) atoms. The number of rotatable bonds is 22. The second kappa shape index (κ2) is 32.9. The van der Waals surface area contributed by atoms with Crippen LogP contribution in [0.5, 0.6) is 0 Å². The smallest absolute Gasteiger partial charge is 0.264 e. The third kappa shape index (κ3) is 17.7. The Kier molecular flexibility index (Phi) is 24.9. The first-order valence-electron chi connectivity index (χ1n) is 29.4. The fourth-order valence-electron chi connectivity index (χ4n) is 13.1. The van der Waals surface area contributed by atoms with E-state index in [1.807, 2.05) is 0 Å². The van der Waals surface area contributed by atoms with E-state index in [0.717, 1.165) is 0 Å². The molecular weight excluding hydrogens is 1560 g/mol. The Morgan fingerprint density at radius 1 is 0.218 bits per heavy atom. The van der Waals surface area contributed by atoms with Crippen molar-refractivity contribution in [2.45, 2.75) is 66.6 Å². The van der Waals surface area contributed by atoms with Gasteiger partial charge in [0, 0.05) is 11.3 Å². The molecule has 0 aromatic rings. The summed E-state index contributed by atoms with van der Waals surface area (Å²) in [5.41, 5.74) is -1.74. The summed E-state index contributed by atoms with van der Waals surface area (Å²) >= 11 is 0. The standard InChI is InChI=1S/C7H11N7O8.4C6H10N8O8/c15-11(16)5-1-2-9(13(19)20)7(5)6-3-8(12(17)18)4-10(6)14(21)22;15-11(16)7-1-6(2-8(4-7)12(17)18)3-9(13(19)20)5-10(6)14(21)22;15-11(16)7-1-5-6(10(3-7)14(21)22)2-8(12(17)18)4-9(5)13(19)20;15-11(16)7-1-5(9(3-7)13(19)20)6-2-8(12(17)18)4-10(6)14(21)22;15-11(16)7-1-2-8(12(17)18)6-5(7)9(13(19)20)3-4-10(6)14(21)22/h5-7H,1-4H2;1-5H2;3*5-6H,1-4H2. The molecule has 0 radical (unpaired) electrons. The summed E-state index contributed by atoms with van der Waals surface area (Å²) in [7, 11) is 0. The van der Waals surface area contributed by atoms with Crippen molar-refractivity contribution in [2.75, 3.05) is 132 Å². The Balaban J connectivity index is 0.000000215. The van der Waals surface area contributed by atoms with Gasteiger partial charge in [-0.2, -0.15) is 0 Å². The molecule has 0 amide bonds. The molecule has 10 rings (SSSR count). The second-order valence-electron chi connectivity index (χ2n) is 23.4. The molecule has 10 aliphatic rings. The van der Waals surface area contributed by atoms with E-state index in [9.17, 15) is 202 Å². The summed E-state index contributed by atoms with van der Waals surface area (Å²) < 4.78 is 0. The van der Waals surface area contributed by atoms with E-state index < -0.39 is 286 Å². The third-order valence-electron chi connectivity index (χ3n) is 17.7. The largest absolute Gasteiger partial charge is 0.266 e. The van der Waals surface area contributed by atoms with Gasteiger partial charge in [-0.3, -0.25) is 10.1 Å². The average molecular weight is 1610 g/mol. The molecule has 1 spiro atoms. The summed E-state index contributed by atoms with van der Waals surface area (Å²) in [5.74, 6) is 0. The van der Waals surface area contributed by atoms with E-state index in [4.69, 9.17) is 0 Å². The summed E-state index contributed by atoms with van der Waals surface area (Å²) in [5, 5.41) is 210. The van der Waals surface area contributed by atoms with E-state index in [-0.39, 0.29) is 13.0 Å². The van der Waals surface area contributed by atoms with Crippen LogP contribution in [-0.2, 0) is 0 Å². The average Bonchev–Trinajstić information content (AvgIpc) is 1.71. The SMILES string of the molecule is O=[N+]([O-])C1CCN([N+](=O)[O-])C1C1CN([N+](=O)[O-])CN1[N+](=O)[O-].O=[N+]([O-])N1CC(C2CN([N+](=O)[O-])CN2[N+](=O)[O-])N([N+](=O)[O-])C1.O=[N+]([O-])N1CC2C(CN([N+](=O)[O-])CN2[N+](=O)[O-])N([N+](=O)[O-])C1.O=[N+]([O-])N1CCN([N+](=O)[O-])C2C1N([N+](=O)[O-])CCN2[N+](=O)[O-].O=[N+]([O-])N1CN([N+](=O)[O-])CC2(C1)CN([N+](=O)[O-])CN2[N+](=O)[O-]. The lowest BCUT2D eigenvalue weighted by molar-refractivity contribution is -0.791. The first kappa shape index (κ1) is 83.1. The highest BCUT2D eigenvalue weighted by Crippen LogP contribution is 2.34. The van der Waals surface area contributed by atoms with Crippen LogP contribution in [0.25, 0.3) is 0 Å². The molecule has 7 atom stereocenters. The minimum absolute atomic E-state index is 0.154. The van der Waals surface area contributed by atoms with Crippen molar-refractivity contribution in [1.29, 1.82) is 0 Å². The predicted molar refractivity (Wildman–Crippen MR) is 314 cm³/mol. The first-order valence-corrected chi connectivity index (χ1v) is 29.4. The molecular formula is C31H51N39O40. The van der Waals surface area contributed by atoms with Crippen LogP contribution in [-0.4, -0.2) is 388 Å². The number of hydrazine groups is 19. The van der Waals surface area contributed by atoms with Crippen molar-refractivity contribution in [3.05, 3.63) is 202 Å². The van der Waals surface area contributed by atoms with Crippen LogP contribution in [0.2, 0.25) is 0 Å². The molecule has 10 aliphatic heterocycles. The van der Waals surface area contributed by atoms with Crippen LogP contribution in [0, 0.1) is 202 Å². The van der Waals surface area contributed by atoms with Crippen molar-refractivity contribution in [2.24, 2.45) is 0 Å². The highest BCUT2D eigenvalue weighted by atomic mass is 16.8. The van der Waals surface area contributed by atoms with Crippen LogP contribution < -0.4 is 0 Å². The summed E-state index contributed by atoms with van der Waals surface area (Å²) in [6, 6.07) is -9.05. The third-order valence-corrected chi connectivity index (χ3v) is 17.7. The Morgan fingerprint density at radius 2 is 0.436 bits per heavy atom. The summed E-state index contributed by atoms with van der Waals surface area (Å²) in [6.07, 6.45) is -3.68. The van der Waals surface area contributed by atoms with Crippen molar-refractivity contribution < 1.29 is 101 Å². The zero-order chi connectivity index (χ0) is 83.1. The molecule has 0 saturated carbocycles.